The van der Waals surface area contributed by atoms with Crippen LogP contribution in [0.2, 0.25) is 0 Å². The van der Waals surface area contributed by atoms with E-state index in [9.17, 15) is 9.59 Å². The molecule has 3 amide bonds. The molecule has 80 valence electrons. The molecule has 14 heavy (non-hydrogen) atoms. The summed E-state index contributed by atoms with van der Waals surface area (Å²) >= 11 is 0. The van der Waals surface area contributed by atoms with Gasteiger partial charge in [0, 0.05) is 18.0 Å². The van der Waals surface area contributed by atoms with E-state index >= 15 is 0 Å². The van der Waals surface area contributed by atoms with E-state index in [2.05, 4.69) is 5.32 Å². The lowest BCUT2D eigenvalue weighted by Crippen LogP contribution is -2.48. The first-order valence-electron chi connectivity index (χ1n) is 4.98. The second-order valence-electron chi connectivity index (χ2n) is 4.63. The number of imide groups is 1. The van der Waals surface area contributed by atoms with Crippen LogP contribution < -0.4 is 5.32 Å². The van der Waals surface area contributed by atoms with E-state index in [1.54, 1.807) is 0 Å². The average molecular weight is 198 g/mol. The number of carbonyl (C=O) groups excluding carboxylic acids is 2. The number of amides is 3. The summed E-state index contributed by atoms with van der Waals surface area (Å²) in [5.74, 6) is -0.0810. The molecule has 0 aromatic heterocycles. The van der Waals surface area contributed by atoms with Crippen LogP contribution in [-0.2, 0) is 4.79 Å². The predicted molar refractivity (Wildman–Crippen MR) is 53.8 cm³/mol. The Hall–Kier alpha value is -1.06. The molecule has 0 aromatic carbocycles. The Kier molecular flexibility index (Phi) is 2.83. The molecule has 0 spiro atoms. The van der Waals surface area contributed by atoms with Crippen LogP contribution in [0.15, 0.2) is 0 Å². The Morgan fingerprint density at radius 3 is 2.43 bits per heavy atom. The molecule has 0 saturated carbocycles. The van der Waals surface area contributed by atoms with Gasteiger partial charge in [0.2, 0.25) is 5.91 Å². The zero-order valence-electron chi connectivity index (χ0n) is 9.26. The van der Waals surface area contributed by atoms with Crippen molar-refractivity contribution in [1.29, 1.82) is 0 Å². The molecule has 0 bridgehead atoms. The third-order valence-electron chi connectivity index (χ3n) is 2.56. The van der Waals surface area contributed by atoms with E-state index in [0.717, 1.165) is 0 Å². The Morgan fingerprint density at radius 1 is 1.36 bits per heavy atom. The molecule has 1 N–H and O–H groups in total. The highest BCUT2D eigenvalue weighted by molar-refractivity contribution is 5.98. The lowest BCUT2D eigenvalue weighted by molar-refractivity contribution is -0.138. The zero-order chi connectivity index (χ0) is 10.9. The number of nitrogens with zero attached hydrogens (tertiary/aromatic N) is 1. The van der Waals surface area contributed by atoms with Crippen LogP contribution in [0.5, 0.6) is 0 Å². The van der Waals surface area contributed by atoms with Gasteiger partial charge >= 0.3 is 6.03 Å². The Labute approximate surface area is 84.7 Å². The van der Waals surface area contributed by atoms with E-state index in [-0.39, 0.29) is 18.0 Å². The van der Waals surface area contributed by atoms with E-state index in [4.69, 9.17) is 0 Å². The normalized spacial score (nSPS) is 22.2. The largest absolute Gasteiger partial charge is 0.338 e. The van der Waals surface area contributed by atoms with Crippen molar-refractivity contribution >= 4 is 11.9 Å². The lowest BCUT2D eigenvalue weighted by Gasteiger charge is -2.29. The summed E-state index contributed by atoms with van der Waals surface area (Å²) in [6.45, 7) is 8.02. The summed E-state index contributed by atoms with van der Waals surface area (Å²) in [4.78, 5) is 24.8. The fourth-order valence-electron chi connectivity index (χ4n) is 1.56. The smallest absolute Gasteiger partial charge is 0.324 e. The minimum Gasteiger partial charge on any atom is -0.338 e. The highest BCUT2D eigenvalue weighted by Gasteiger charge is 2.38. The maximum atomic E-state index is 12.0. The summed E-state index contributed by atoms with van der Waals surface area (Å²) in [5, 5.41) is 2.73. The Balaban J connectivity index is 2.98. The molecule has 1 aliphatic heterocycles. The minimum absolute atomic E-state index is 0.0810. The third-order valence-corrected chi connectivity index (χ3v) is 2.56. The number of rotatable bonds is 1. The van der Waals surface area contributed by atoms with Crippen molar-refractivity contribution < 1.29 is 9.59 Å². The molecule has 1 heterocycles. The topological polar surface area (TPSA) is 49.4 Å². The van der Waals surface area contributed by atoms with Crippen molar-refractivity contribution in [3.05, 3.63) is 0 Å². The number of hydrogen-bond donors (Lipinski definition) is 1. The van der Waals surface area contributed by atoms with Gasteiger partial charge in [0.1, 0.15) is 0 Å². The van der Waals surface area contributed by atoms with Crippen molar-refractivity contribution in [3.63, 3.8) is 0 Å². The second kappa shape index (κ2) is 3.59. The van der Waals surface area contributed by atoms with Crippen molar-refractivity contribution in [2.75, 3.05) is 6.54 Å². The molecular weight excluding hydrogens is 180 g/mol. The van der Waals surface area contributed by atoms with Gasteiger partial charge in [0.05, 0.1) is 0 Å². The van der Waals surface area contributed by atoms with Gasteiger partial charge in [0.15, 0.2) is 0 Å². The van der Waals surface area contributed by atoms with Crippen molar-refractivity contribution in [2.45, 2.75) is 40.2 Å². The first-order valence-corrected chi connectivity index (χ1v) is 4.98. The molecule has 1 saturated heterocycles. The quantitative estimate of drug-likeness (QED) is 0.691. The van der Waals surface area contributed by atoms with Gasteiger partial charge in [-0.1, -0.05) is 13.8 Å². The molecule has 0 unspecified atom stereocenters. The fraction of sp³-hybridized carbons (Fsp3) is 0.800. The summed E-state index contributed by atoms with van der Waals surface area (Å²) in [5.41, 5.74) is -0.441. The molecule has 1 rings (SSSR count). The van der Waals surface area contributed by atoms with Gasteiger partial charge in [-0.05, 0) is 20.3 Å². The number of urea groups is 1. The molecular formula is C10H18N2O2. The van der Waals surface area contributed by atoms with Gasteiger partial charge in [0.25, 0.3) is 0 Å². The van der Waals surface area contributed by atoms with E-state index < -0.39 is 5.41 Å². The first-order chi connectivity index (χ1) is 6.36. The van der Waals surface area contributed by atoms with Crippen LogP contribution >= 0.6 is 0 Å². The van der Waals surface area contributed by atoms with E-state index in [0.29, 0.717) is 13.0 Å². The average Bonchev–Trinajstić information content (AvgIpc) is 2.10. The summed E-state index contributed by atoms with van der Waals surface area (Å²) in [7, 11) is 0. The van der Waals surface area contributed by atoms with Crippen LogP contribution in [0.1, 0.15) is 34.1 Å². The number of nitrogens with one attached hydrogen (secondary N) is 1. The molecule has 1 fully saturated rings. The summed E-state index contributed by atoms with van der Waals surface area (Å²) in [6.07, 6.45) is 0.695. The molecule has 0 radical (unpaired) electrons. The SMILES string of the molecule is CC(C)N1C(=O)NCCC(C)(C)C1=O. The van der Waals surface area contributed by atoms with Crippen molar-refractivity contribution in [3.8, 4) is 0 Å². The summed E-state index contributed by atoms with van der Waals surface area (Å²) < 4.78 is 0. The highest BCUT2D eigenvalue weighted by Crippen LogP contribution is 2.26. The predicted octanol–water partition coefficient (Wildman–Crippen LogP) is 1.36. The lowest BCUT2D eigenvalue weighted by atomic mass is 9.88. The Morgan fingerprint density at radius 2 is 1.93 bits per heavy atom. The molecule has 0 aromatic rings. The third kappa shape index (κ3) is 1.89. The molecule has 4 nitrogen and oxygen atoms in total. The standard InChI is InChI=1S/C10H18N2O2/c1-7(2)12-8(13)10(3,4)5-6-11-9(12)14/h7H,5-6H2,1-4H3,(H,11,14). The van der Waals surface area contributed by atoms with Crippen LogP contribution in [0.3, 0.4) is 0 Å². The molecule has 0 atom stereocenters. The maximum Gasteiger partial charge on any atom is 0.324 e. The monoisotopic (exact) mass is 198 g/mol. The molecule has 4 heteroatoms. The molecule has 0 aliphatic carbocycles. The van der Waals surface area contributed by atoms with Crippen LogP contribution in [-0.4, -0.2) is 29.4 Å². The first kappa shape index (κ1) is 11.0. The van der Waals surface area contributed by atoms with Gasteiger partial charge in [-0.3, -0.25) is 9.69 Å². The second-order valence-corrected chi connectivity index (χ2v) is 4.63. The van der Waals surface area contributed by atoms with Crippen LogP contribution in [0, 0.1) is 5.41 Å². The zero-order valence-corrected chi connectivity index (χ0v) is 9.26. The van der Waals surface area contributed by atoms with Crippen molar-refractivity contribution in [1.82, 2.24) is 10.2 Å². The van der Waals surface area contributed by atoms with E-state index in [1.807, 2.05) is 27.7 Å². The van der Waals surface area contributed by atoms with Gasteiger partial charge < -0.3 is 5.32 Å². The van der Waals surface area contributed by atoms with Gasteiger partial charge in [-0.25, -0.2) is 4.79 Å². The van der Waals surface area contributed by atoms with Crippen LogP contribution in [0.25, 0.3) is 0 Å². The number of carbonyl (C=O) groups is 2. The van der Waals surface area contributed by atoms with E-state index in [1.165, 1.54) is 4.90 Å². The highest BCUT2D eigenvalue weighted by atomic mass is 16.2. The van der Waals surface area contributed by atoms with Gasteiger partial charge in [-0.2, -0.15) is 0 Å². The maximum absolute atomic E-state index is 12.0. The minimum atomic E-state index is -0.441. The Bertz CT molecular complexity index is 259. The number of hydrogen-bond acceptors (Lipinski definition) is 2. The summed E-state index contributed by atoms with van der Waals surface area (Å²) in [6, 6.07) is -0.351. The van der Waals surface area contributed by atoms with Crippen molar-refractivity contribution in [2.24, 2.45) is 5.41 Å². The molecule has 1 aliphatic rings. The van der Waals surface area contributed by atoms with Gasteiger partial charge in [-0.15, -0.1) is 0 Å². The fourth-order valence-corrected chi connectivity index (χ4v) is 1.56. The van der Waals surface area contributed by atoms with Crippen LogP contribution in [0.4, 0.5) is 4.79 Å².